The topological polar surface area (TPSA) is 46.1 Å². The van der Waals surface area contributed by atoms with E-state index < -0.39 is 6.10 Å². The van der Waals surface area contributed by atoms with Crippen LogP contribution in [0.3, 0.4) is 0 Å². The summed E-state index contributed by atoms with van der Waals surface area (Å²) in [6.45, 7) is 5.75. The molecule has 0 fully saturated rings. The van der Waals surface area contributed by atoms with Crippen LogP contribution in [0.2, 0.25) is 5.02 Å². The molecule has 3 nitrogen and oxygen atoms in total. The molecule has 0 radical (unpaired) electrons. The normalized spacial score (nSPS) is 13.0. The molecule has 1 atom stereocenters. The third-order valence-corrected chi connectivity index (χ3v) is 2.62. The molecule has 17 heavy (non-hydrogen) atoms. The zero-order valence-corrected chi connectivity index (χ0v) is 11.2. The number of aliphatic hydroxyl groups is 1. The standard InChI is InChI=1S/C13H20ClNO2/c1-10(2)15-7-13(16)9-17-8-11-3-5-12(14)6-4-11/h3-6,10,13,15-16H,7-9H2,1-2H3/p+1/t13-/m1/s1. The first-order valence-electron chi connectivity index (χ1n) is 5.91. The first-order valence-corrected chi connectivity index (χ1v) is 6.29. The number of halogens is 1. The van der Waals surface area contributed by atoms with Gasteiger partial charge in [0.15, 0.2) is 0 Å². The number of nitrogens with two attached hydrogens (primary N) is 1. The maximum atomic E-state index is 9.64. The minimum atomic E-state index is -0.412. The summed E-state index contributed by atoms with van der Waals surface area (Å²) < 4.78 is 5.44. The van der Waals surface area contributed by atoms with Crippen molar-refractivity contribution in [1.82, 2.24) is 0 Å². The molecule has 3 N–H and O–H groups in total. The van der Waals surface area contributed by atoms with E-state index >= 15 is 0 Å². The molecule has 96 valence electrons. The Morgan fingerprint density at radius 2 is 1.94 bits per heavy atom. The Morgan fingerprint density at radius 1 is 1.29 bits per heavy atom. The monoisotopic (exact) mass is 258 g/mol. The Kier molecular flexibility index (Phi) is 6.52. The maximum Gasteiger partial charge on any atom is 0.126 e. The van der Waals surface area contributed by atoms with Crippen LogP contribution in [-0.2, 0) is 11.3 Å². The lowest BCUT2D eigenvalue weighted by Crippen LogP contribution is -2.90. The number of hydrogen-bond acceptors (Lipinski definition) is 2. The van der Waals surface area contributed by atoms with Gasteiger partial charge in [-0.15, -0.1) is 0 Å². The van der Waals surface area contributed by atoms with Crippen LogP contribution < -0.4 is 5.32 Å². The third kappa shape index (κ3) is 6.64. The smallest absolute Gasteiger partial charge is 0.126 e. The van der Waals surface area contributed by atoms with Crippen LogP contribution >= 0.6 is 11.6 Å². The van der Waals surface area contributed by atoms with Crippen LogP contribution in [0.1, 0.15) is 19.4 Å². The summed E-state index contributed by atoms with van der Waals surface area (Å²) in [7, 11) is 0. The highest BCUT2D eigenvalue weighted by molar-refractivity contribution is 6.30. The van der Waals surface area contributed by atoms with Crippen LogP contribution in [0.5, 0.6) is 0 Å². The quantitative estimate of drug-likeness (QED) is 0.772. The SMILES string of the molecule is CC(C)[NH2+]C[C@@H](O)COCc1ccc(Cl)cc1. The average Bonchev–Trinajstić information content (AvgIpc) is 2.29. The van der Waals surface area contributed by atoms with E-state index in [1.807, 2.05) is 24.3 Å². The van der Waals surface area contributed by atoms with E-state index in [1.54, 1.807) is 0 Å². The molecule has 0 saturated carbocycles. The van der Waals surface area contributed by atoms with E-state index in [2.05, 4.69) is 19.2 Å². The van der Waals surface area contributed by atoms with Gasteiger partial charge in [-0.3, -0.25) is 0 Å². The fourth-order valence-corrected chi connectivity index (χ4v) is 1.52. The van der Waals surface area contributed by atoms with Crippen molar-refractivity contribution in [2.75, 3.05) is 13.2 Å². The molecule has 4 heteroatoms. The molecule has 0 aliphatic heterocycles. The Hall–Kier alpha value is -0.610. The molecule has 1 aromatic carbocycles. The Labute approximate surface area is 108 Å². The van der Waals surface area contributed by atoms with Gasteiger partial charge in [-0.05, 0) is 31.5 Å². The summed E-state index contributed by atoms with van der Waals surface area (Å²) in [5.41, 5.74) is 1.06. The first kappa shape index (κ1) is 14.5. The van der Waals surface area contributed by atoms with Gasteiger partial charge >= 0.3 is 0 Å². The Morgan fingerprint density at radius 3 is 2.53 bits per heavy atom. The van der Waals surface area contributed by atoms with Gasteiger partial charge < -0.3 is 15.2 Å². The first-order chi connectivity index (χ1) is 8.08. The fraction of sp³-hybridized carbons (Fsp3) is 0.538. The van der Waals surface area contributed by atoms with E-state index in [0.29, 0.717) is 25.8 Å². The highest BCUT2D eigenvalue weighted by Crippen LogP contribution is 2.10. The van der Waals surface area contributed by atoms with Crippen LogP contribution in [0.25, 0.3) is 0 Å². The second kappa shape index (κ2) is 7.67. The summed E-state index contributed by atoms with van der Waals surface area (Å²) in [5, 5.41) is 12.5. The van der Waals surface area contributed by atoms with Crippen molar-refractivity contribution < 1.29 is 15.2 Å². The molecular weight excluding hydrogens is 238 g/mol. The minimum absolute atomic E-state index is 0.367. The molecule has 1 rings (SSSR count). The number of hydrogen-bond donors (Lipinski definition) is 2. The van der Waals surface area contributed by atoms with Gasteiger partial charge in [0.1, 0.15) is 12.6 Å². The molecule has 0 spiro atoms. The third-order valence-electron chi connectivity index (χ3n) is 2.37. The van der Waals surface area contributed by atoms with Crippen molar-refractivity contribution >= 4 is 11.6 Å². The lowest BCUT2D eigenvalue weighted by molar-refractivity contribution is -0.688. The largest absolute Gasteiger partial charge is 0.385 e. The van der Waals surface area contributed by atoms with Gasteiger partial charge in [-0.2, -0.15) is 0 Å². The maximum absolute atomic E-state index is 9.64. The van der Waals surface area contributed by atoms with Gasteiger partial charge in [0.2, 0.25) is 0 Å². The number of rotatable bonds is 7. The lowest BCUT2D eigenvalue weighted by Gasteiger charge is -2.12. The van der Waals surface area contributed by atoms with Gasteiger partial charge in [0.25, 0.3) is 0 Å². The van der Waals surface area contributed by atoms with Crippen molar-refractivity contribution in [3.05, 3.63) is 34.9 Å². The molecule has 1 aromatic rings. The van der Waals surface area contributed by atoms with Gasteiger partial charge in [0, 0.05) is 5.02 Å². The van der Waals surface area contributed by atoms with E-state index in [9.17, 15) is 5.11 Å². The van der Waals surface area contributed by atoms with E-state index in [0.717, 1.165) is 10.6 Å². The van der Waals surface area contributed by atoms with E-state index in [-0.39, 0.29) is 0 Å². The van der Waals surface area contributed by atoms with Crippen LogP contribution in [0.4, 0.5) is 0 Å². The van der Waals surface area contributed by atoms with Crippen molar-refractivity contribution in [1.29, 1.82) is 0 Å². The van der Waals surface area contributed by atoms with Crippen molar-refractivity contribution in [3.63, 3.8) is 0 Å². The number of ether oxygens (including phenoxy) is 1. The number of quaternary nitrogens is 1. The lowest BCUT2D eigenvalue weighted by atomic mass is 10.2. The van der Waals surface area contributed by atoms with Gasteiger partial charge in [0.05, 0.1) is 19.3 Å². The molecule has 0 heterocycles. The molecule has 0 bridgehead atoms. The number of aliphatic hydroxyl groups excluding tert-OH is 1. The van der Waals surface area contributed by atoms with E-state index in [4.69, 9.17) is 16.3 Å². The zero-order chi connectivity index (χ0) is 12.7. The Balaban J connectivity index is 2.16. The average molecular weight is 259 g/mol. The zero-order valence-electron chi connectivity index (χ0n) is 10.4. The van der Waals surface area contributed by atoms with Crippen molar-refractivity contribution in [2.45, 2.75) is 32.6 Å². The minimum Gasteiger partial charge on any atom is -0.385 e. The molecule has 0 amide bonds. The molecule has 0 aromatic heterocycles. The summed E-state index contributed by atoms with van der Waals surface area (Å²) >= 11 is 5.78. The second-order valence-electron chi connectivity index (χ2n) is 4.51. The van der Waals surface area contributed by atoms with E-state index in [1.165, 1.54) is 0 Å². The summed E-state index contributed by atoms with van der Waals surface area (Å²) in [4.78, 5) is 0. The predicted molar refractivity (Wildman–Crippen MR) is 69.0 cm³/mol. The predicted octanol–water partition coefficient (Wildman–Crippen LogP) is 1.19. The highest BCUT2D eigenvalue weighted by atomic mass is 35.5. The van der Waals surface area contributed by atoms with Gasteiger partial charge in [-0.25, -0.2) is 0 Å². The molecule has 0 aliphatic carbocycles. The molecule has 0 saturated heterocycles. The van der Waals surface area contributed by atoms with Gasteiger partial charge in [-0.1, -0.05) is 23.7 Å². The van der Waals surface area contributed by atoms with Crippen LogP contribution in [0.15, 0.2) is 24.3 Å². The van der Waals surface area contributed by atoms with Crippen LogP contribution in [0, 0.1) is 0 Å². The fourth-order valence-electron chi connectivity index (χ4n) is 1.39. The van der Waals surface area contributed by atoms with Crippen molar-refractivity contribution in [2.24, 2.45) is 0 Å². The molecule has 0 aliphatic rings. The van der Waals surface area contributed by atoms with Crippen LogP contribution in [-0.4, -0.2) is 30.4 Å². The second-order valence-corrected chi connectivity index (χ2v) is 4.95. The highest BCUT2D eigenvalue weighted by Gasteiger charge is 2.07. The molecular formula is C13H21ClNO2+. The summed E-state index contributed by atoms with van der Waals surface area (Å²) in [6.07, 6.45) is -0.412. The summed E-state index contributed by atoms with van der Waals surface area (Å²) in [5.74, 6) is 0. The Bertz CT molecular complexity index is 314. The number of benzene rings is 1. The summed E-state index contributed by atoms with van der Waals surface area (Å²) in [6, 6.07) is 8.03. The van der Waals surface area contributed by atoms with Crippen molar-refractivity contribution in [3.8, 4) is 0 Å². The molecule has 0 unspecified atom stereocenters.